The van der Waals surface area contributed by atoms with Crippen LogP contribution in [-0.4, -0.2) is 21.8 Å². The van der Waals surface area contributed by atoms with Crippen molar-refractivity contribution in [3.05, 3.63) is 47.8 Å². The Kier molecular flexibility index (Phi) is 3.10. The predicted molar refractivity (Wildman–Crippen MR) is 60.2 cm³/mol. The maximum atomic E-state index is 13.9. The highest BCUT2D eigenvalue weighted by atomic mass is 19.1. The van der Waals surface area contributed by atoms with Crippen molar-refractivity contribution in [3.63, 3.8) is 0 Å². The number of methoxy groups -OCH3 is 1. The molecule has 0 aliphatic carbocycles. The van der Waals surface area contributed by atoms with Gasteiger partial charge in [0.2, 0.25) is 0 Å². The Bertz CT molecular complexity index is 525. The predicted octanol–water partition coefficient (Wildman–Crippen LogP) is 1.65. The van der Waals surface area contributed by atoms with Crippen LogP contribution >= 0.6 is 0 Å². The number of halogens is 1. The zero-order valence-electron chi connectivity index (χ0n) is 9.59. The lowest BCUT2D eigenvalue weighted by Crippen LogP contribution is -2.07. The molecule has 90 valence electrons. The largest absolute Gasteiger partial charge is 0.494 e. The van der Waals surface area contributed by atoms with Crippen LogP contribution in [0.1, 0.15) is 17.4 Å². The summed E-state index contributed by atoms with van der Waals surface area (Å²) in [5.74, 6) is -0.438. The molecule has 0 amide bonds. The maximum Gasteiger partial charge on any atom is 0.171 e. The summed E-state index contributed by atoms with van der Waals surface area (Å²) in [5.41, 5.74) is 0.699. The fraction of sp³-hybridized carbons (Fsp3) is 0.250. The van der Waals surface area contributed by atoms with Gasteiger partial charge >= 0.3 is 0 Å². The summed E-state index contributed by atoms with van der Waals surface area (Å²) in [5, 5.41) is 10.1. The Morgan fingerprint density at radius 1 is 1.47 bits per heavy atom. The van der Waals surface area contributed by atoms with Crippen LogP contribution in [-0.2, 0) is 7.05 Å². The minimum Gasteiger partial charge on any atom is -0.494 e. The van der Waals surface area contributed by atoms with Gasteiger partial charge in [0.15, 0.2) is 11.6 Å². The van der Waals surface area contributed by atoms with E-state index in [0.717, 1.165) is 0 Å². The summed E-state index contributed by atoms with van der Waals surface area (Å²) in [4.78, 5) is 3.89. The lowest BCUT2D eigenvalue weighted by atomic mass is 10.1. The zero-order valence-corrected chi connectivity index (χ0v) is 9.59. The molecular weight excluding hydrogens is 223 g/mol. The fourth-order valence-electron chi connectivity index (χ4n) is 1.69. The average Bonchev–Trinajstić information content (AvgIpc) is 2.75. The van der Waals surface area contributed by atoms with Crippen LogP contribution in [0.25, 0.3) is 0 Å². The first kappa shape index (κ1) is 11.6. The van der Waals surface area contributed by atoms with Crippen molar-refractivity contribution >= 4 is 0 Å². The van der Waals surface area contributed by atoms with Crippen molar-refractivity contribution in [2.24, 2.45) is 7.05 Å². The molecule has 0 saturated carbocycles. The van der Waals surface area contributed by atoms with Crippen molar-refractivity contribution in [2.75, 3.05) is 7.11 Å². The van der Waals surface area contributed by atoms with Gasteiger partial charge in [-0.2, -0.15) is 0 Å². The lowest BCUT2D eigenvalue weighted by molar-refractivity contribution is 0.205. The van der Waals surface area contributed by atoms with Gasteiger partial charge in [-0.15, -0.1) is 0 Å². The second-order valence-electron chi connectivity index (χ2n) is 3.70. The van der Waals surface area contributed by atoms with Crippen molar-refractivity contribution in [1.29, 1.82) is 0 Å². The molecule has 0 fully saturated rings. The Hall–Kier alpha value is -1.88. The fourth-order valence-corrected chi connectivity index (χ4v) is 1.69. The molecule has 5 heteroatoms. The number of hydrogen-bond acceptors (Lipinski definition) is 3. The van der Waals surface area contributed by atoms with E-state index in [2.05, 4.69) is 4.98 Å². The van der Waals surface area contributed by atoms with Crippen LogP contribution in [0.3, 0.4) is 0 Å². The molecule has 4 nitrogen and oxygen atoms in total. The quantitative estimate of drug-likeness (QED) is 0.881. The highest BCUT2D eigenvalue weighted by Gasteiger charge is 2.19. The van der Waals surface area contributed by atoms with Crippen molar-refractivity contribution in [3.8, 4) is 5.75 Å². The molecule has 1 atom stereocenters. The molecule has 0 aliphatic heterocycles. The molecule has 1 aromatic heterocycles. The molecule has 17 heavy (non-hydrogen) atoms. The van der Waals surface area contributed by atoms with Gasteiger partial charge in [-0.05, 0) is 6.07 Å². The molecule has 0 bridgehead atoms. The van der Waals surface area contributed by atoms with E-state index in [0.29, 0.717) is 5.69 Å². The average molecular weight is 236 g/mol. The minimum atomic E-state index is -1.06. The third-order valence-electron chi connectivity index (χ3n) is 2.64. The van der Waals surface area contributed by atoms with E-state index in [-0.39, 0.29) is 11.3 Å². The van der Waals surface area contributed by atoms with Crippen LogP contribution in [0.4, 0.5) is 4.39 Å². The topological polar surface area (TPSA) is 47.3 Å². The normalized spacial score (nSPS) is 12.5. The number of aliphatic hydroxyl groups is 1. The van der Waals surface area contributed by atoms with E-state index in [1.807, 2.05) is 0 Å². The molecular formula is C12H13FN2O2. The van der Waals surface area contributed by atoms with Crippen molar-refractivity contribution < 1.29 is 14.2 Å². The molecule has 1 unspecified atom stereocenters. The summed E-state index contributed by atoms with van der Waals surface area (Å²) in [6, 6.07) is 4.67. The monoisotopic (exact) mass is 236 g/mol. The molecule has 1 aromatic carbocycles. The number of aromatic nitrogens is 2. The third kappa shape index (κ3) is 2.01. The van der Waals surface area contributed by atoms with Gasteiger partial charge in [0.05, 0.1) is 25.3 Å². The minimum absolute atomic E-state index is 0.115. The zero-order chi connectivity index (χ0) is 12.4. The first-order valence-corrected chi connectivity index (χ1v) is 5.12. The van der Waals surface area contributed by atoms with Gasteiger partial charge in [-0.25, -0.2) is 9.37 Å². The highest BCUT2D eigenvalue weighted by Crippen LogP contribution is 2.28. The summed E-state index contributed by atoms with van der Waals surface area (Å²) < 4.78 is 20.4. The second-order valence-corrected chi connectivity index (χ2v) is 3.70. The summed E-state index contributed by atoms with van der Waals surface area (Å²) >= 11 is 0. The number of aryl methyl sites for hydroxylation is 1. The number of imidazole rings is 1. The van der Waals surface area contributed by atoms with E-state index >= 15 is 0 Å². The highest BCUT2D eigenvalue weighted by molar-refractivity contribution is 5.35. The van der Waals surface area contributed by atoms with Crippen molar-refractivity contribution in [1.82, 2.24) is 9.55 Å². The third-order valence-corrected chi connectivity index (χ3v) is 2.64. The first-order valence-electron chi connectivity index (χ1n) is 5.12. The Morgan fingerprint density at radius 2 is 2.24 bits per heavy atom. The molecule has 0 spiro atoms. The van der Waals surface area contributed by atoms with Gasteiger partial charge < -0.3 is 14.4 Å². The standard InChI is InChI=1S/C12H13FN2O2/c1-15-7-14-6-9(15)12(16)8-4-3-5-10(17-2)11(8)13/h3-7,12,16H,1-2H3. The number of benzene rings is 1. The van der Waals surface area contributed by atoms with Gasteiger partial charge in [0.1, 0.15) is 6.10 Å². The van der Waals surface area contributed by atoms with Gasteiger partial charge in [-0.1, -0.05) is 12.1 Å². The van der Waals surface area contributed by atoms with E-state index < -0.39 is 11.9 Å². The van der Waals surface area contributed by atoms with Crippen LogP contribution in [0.15, 0.2) is 30.7 Å². The van der Waals surface area contributed by atoms with E-state index in [1.165, 1.54) is 25.4 Å². The Morgan fingerprint density at radius 3 is 2.82 bits per heavy atom. The summed E-state index contributed by atoms with van der Waals surface area (Å²) in [6.45, 7) is 0. The second kappa shape index (κ2) is 4.55. The van der Waals surface area contributed by atoms with Gasteiger partial charge in [0, 0.05) is 12.6 Å². The summed E-state index contributed by atoms with van der Waals surface area (Å²) in [7, 11) is 3.13. The number of nitrogens with zero attached hydrogens (tertiary/aromatic N) is 2. The molecule has 2 aromatic rings. The van der Waals surface area contributed by atoms with Gasteiger partial charge in [-0.3, -0.25) is 0 Å². The van der Waals surface area contributed by atoms with Crippen LogP contribution < -0.4 is 4.74 Å². The van der Waals surface area contributed by atoms with Crippen LogP contribution in [0.2, 0.25) is 0 Å². The van der Waals surface area contributed by atoms with Gasteiger partial charge in [0.25, 0.3) is 0 Å². The first-order chi connectivity index (χ1) is 8.15. The van der Waals surface area contributed by atoms with E-state index in [4.69, 9.17) is 4.74 Å². The molecule has 2 rings (SSSR count). The molecule has 1 heterocycles. The van der Waals surface area contributed by atoms with E-state index in [1.54, 1.807) is 24.0 Å². The van der Waals surface area contributed by atoms with Crippen LogP contribution in [0, 0.1) is 5.82 Å². The lowest BCUT2D eigenvalue weighted by Gasteiger charge is -2.14. The Labute approximate surface area is 98.3 Å². The molecule has 1 N–H and O–H groups in total. The van der Waals surface area contributed by atoms with E-state index in [9.17, 15) is 9.50 Å². The number of aliphatic hydroxyl groups excluding tert-OH is 1. The molecule has 0 radical (unpaired) electrons. The van der Waals surface area contributed by atoms with Crippen LogP contribution in [0.5, 0.6) is 5.75 Å². The number of ether oxygens (including phenoxy) is 1. The number of rotatable bonds is 3. The van der Waals surface area contributed by atoms with Crippen molar-refractivity contribution in [2.45, 2.75) is 6.10 Å². The SMILES string of the molecule is COc1cccc(C(O)c2cncn2C)c1F. The number of hydrogen-bond donors (Lipinski definition) is 1. The summed E-state index contributed by atoms with van der Waals surface area (Å²) in [6.07, 6.45) is 2.00. The molecule has 0 saturated heterocycles. The smallest absolute Gasteiger partial charge is 0.171 e. The maximum absolute atomic E-state index is 13.9. The Balaban J connectivity index is 2.44. The molecule has 0 aliphatic rings.